The number of halogens is 3. The van der Waals surface area contributed by atoms with Crippen molar-refractivity contribution in [2.24, 2.45) is 0 Å². The van der Waals surface area contributed by atoms with Crippen molar-refractivity contribution in [3.63, 3.8) is 0 Å². The first-order valence-electron chi connectivity index (χ1n) is 8.19. The number of nitrogens with zero attached hydrogens (tertiary/aromatic N) is 2. The molecule has 0 bridgehead atoms. The van der Waals surface area contributed by atoms with Crippen molar-refractivity contribution in [1.82, 2.24) is 4.98 Å². The molecule has 4 aromatic rings. The molecule has 3 nitrogen and oxygen atoms in total. The number of aromatic nitrogens is 1. The highest BCUT2D eigenvalue weighted by atomic mass is 32.1. The Balaban J connectivity index is 1.68. The summed E-state index contributed by atoms with van der Waals surface area (Å²) in [6.07, 6.45) is -2.89. The van der Waals surface area contributed by atoms with E-state index in [0.717, 1.165) is 22.3 Å². The van der Waals surface area contributed by atoms with E-state index in [4.69, 9.17) is 4.42 Å². The lowest BCUT2D eigenvalue weighted by molar-refractivity contribution is -0.137. The van der Waals surface area contributed by atoms with Crippen LogP contribution in [0.15, 0.2) is 65.1 Å². The topological polar surface area (TPSA) is 49.8 Å². The van der Waals surface area contributed by atoms with Gasteiger partial charge >= 0.3 is 6.18 Å². The standard InChI is InChI=1S/C21H11F3N2OS/c22-21(23,24)15-5-3-4-13(10-15)18-9-8-16(27-18)11-14(12-25)20-26-17-6-1-2-7-19(17)28-20/h1-11H. The summed E-state index contributed by atoms with van der Waals surface area (Å²) >= 11 is 1.39. The maximum Gasteiger partial charge on any atom is 0.416 e. The normalized spacial score (nSPS) is 12.3. The van der Waals surface area contributed by atoms with E-state index >= 15 is 0 Å². The van der Waals surface area contributed by atoms with Gasteiger partial charge < -0.3 is 4.42 Å². The van der Waals surface area contributed by atoms with Gasteiger partial charge in [-0.1, -0.05) is 24.3 Å². The third kappa shape index (κ3) is 3.55. The molecule has 0 radical (unpaired) electrons. The van der Waals surface area contributed by atoms with Gasteiger partial charge in [0.2, 0.25) is 0 Å². The molecule has 0 atom stereocenters. The van der Waals surface area contributed by atoms with E-state index in [1.54, 1.807) is 18.2 Å². The molecule has 0 unspecified atom stereocenters. The van der Waals surface area contributed by atoms with Crippen LogP contribution in [-0.2, 0) is 6.18 Å². The number of para-hydroxylation sites is 1. The van der Waals surface area contributed by atoms with Gasteiger partial charge in [-0.15, -0.1) is 11.3 Å². The summed E-state index contributed by atoms with van der Waals surface area (Å²) in [5.74, 6) is 0.655. The molecular formula is C21H11F3N2OS. The van der Waals surface area contributed by atoms with Crippen molar-refractivity contribution >= 4 is 33.2 Å². The minimum atomic E-state index is -4.42. The number of hydrogen-bond donors (Lipinski definition) is 0. The van der Waals surface area contributed by atoms with E-state index in [1.165, 1.54) is 23.5 Å². The van der Waals surface area contributed by atoms with Crippen LogP contribution in [0.2, 0.25) is 0 Å². The summed E-state index contributed by atoms with van der Waals surface area (Å²) in [4.78, 5) is 4.44. The summed E-state index contributed by atoms with van der Waals surface area (Å²) in [6, 6.07) is 17.8. The Hall–Kier alpha value is -3.37. The Kier molecular flexibility index (Phi) is 4.49. The van der Waals surface area contributed by atoms with Crippen molar-refractivity contribution in [2.45, 2.75) is 6.18 Å². The molecule has 0 aliphatic heterocycles. The molecule has 2 aromatic heterocycles. The lowest BCUT2D eigenvalue weighted by Crippen LogP contribution is -2.04. The number of fused-ring (bicyclic) bond motifs is 1. The minimum absolute atomic E-state index is 0.291. The van der Waals surface area contributed by atoms with Gasteiger partial charge in [0.1, 0.15) is 22.6 Å². The van der Waals surface area contributed by atoms with Crippen LogP contribution in [-0.4, -0.2) is 4.98 Å². The van der Waals surface area contributed by atoms with Gasteiger partial charge in [0.25, 0.3) is 0 Å². The summed E-state index contributed by atoms with van der Waals surface area (Å²) < 4.78 is 45.3. The number of nitriles is 1. The molecule has 7 heteroatoms. The van der Waals surface area contributed by atoms with Gasteiger partial charge in [-0.2, -0.15) is 18.4 Å². The molecule has 0 amide bonds. The molecule has 0 spiro atoms. The monoisotopic (exact) mass is 396 g/mol. The fourth-order valence-corrected chi connectivity index (χ4v) is 3.64. The van der Waals surface area contributed by atoms with Gasteiger partial charge in [-0.05, 0) is 36.4 Å². The molecular weight excluding hydrogens is 385 g/mol. The SMILES string of the molecule is N#CC(=Cc1ccc(-c2cccc(C(F)(F)F)c2)o1)c1nc2ccccc2s1. The summed E-state index contributed by atoms with van der Waals surface area (Å²) in [6.45, 7) is 0. The van der Waals surface area contributed by atoms with Crippen LogP contribution in [0.25, 0.3) is 33.2 Å². The second-order valence-corrected chi connectivity index (χ2v) is 6.97. The summed E-state index contributed by atoms with van der Waals surface area (Å²) in [5, 5.41) is 10.1. The average molecular weight is 396 g/mol. The third-order valence-corrected chi connectivity index (χ3v) is 5.10. The highest BCUT2D eigenvalue weighted by Gasteiger charge is 2.30. The van der Waals surface area contributed by atoms with E-state index in [2.05, 4.69) is 11.1 Å². The Morgan fingerprint density at radius 3 is 2.64 bits per heavy atom. The van der Waals surface area contributed by atoms with Gasteiger partial charge in [0.05, 0.1) is 21.4 Å². The fourth-order valence-electron chi connectivity index (χ4n) is 2.71. The highest BCUT2D eigenvalue weighted by molar-refractivity contribution is 7.19. The lowest BCUT2D eigenvalue weighted by atomic mass is 10.1. The summed E-state index contributed by atoms with van der Waals surface area (Å²) in [5.41, 5.74) is 0.692. The fraction of sp³-hybridized carbons (Fsp3) is 0.0476. The zero-order chi connectivity index (χ0) is 19.7. The third-order valence-electron chi connectivity index (χ3n) is 4.03. The summed E-state index contributed by atoms with van der Waals surface area (Å²) in [7, 11) is 0. The Morgan fingerprint density at radius 1 is 1.07 bits per heavy atom. The van der Waals surface area contributed by atoms with Crippen LogP contribution >= 0.6 is 11.3 Å². The maximum absolute atomic E-state index is 12.9. The zero-order valence-electron chi connectivity index (χ0n) is 14.2. The minimum Gasteiger partial charge on any atom is -0.457 e. The van der Waals surface area contributed by atoms with E-state index < -0.39 is 11.7 Å². The number of benzene rings is 2. The number of allylic oxidation sites excluding steroid dienone is 1. The van der Waals surface area contributed by atoms with Crippen LogP contribution in [0, 0.1) is 11.3 Å². The van der Waals surface area contributed by atoms with Gasteiger partial charge in [-0.3, -0.25) is 0 Å². The van der Waals surface area contributed by atoms with Crippen LogP contribution in [0.5, 0.6) is 0 Å². The van der Waals surface area contributed by atoms with Crippen LogP contribution in [0.4, 0.5) is 13.2 Å². The average Bonchev–Trinajstić information content (AvgIpc) is 3.32. The first-order chi connectivity index (χ1) is 13.4. The van der Waals surface area contributed by atoms with Gasteiger partial charge in [0, 0.05) is 11.6 Å². The van der Waals surface area contributed by atoms with Crippen molar-refractivity contribution in [2.75, 3.05) is 0 Å². The largest absolute Gasteiger partial charge is 0.457 e. The molecule has 0 saturated carbocycles. The first kappa shape index (κ1) is 18.0. The smallest absolute Gasteiger partial charge is 0.416 e. The number of rotatable bonds is 3. The number of hydrogen-bond acceptors (Lipinski definition) is 4. The predicted molar refractivity (Wildman–Crippen MR) is 102 cm³/mol. The maximum atomic E-state index is 12.9. The highest BCUT2D eigenvalue weighted by Crippen LogP contribution is 2.33. The zero-order valence-corrected chi connectivity index (χ0v) is 15.0. The second-order valence-electron chi connectivity index (χ2n) is 5.94. The molecule has 0 aliphatic carbocycles. The molecule has 0 aliphatic rings. The van der Waals surface area contributed by atoms with Crippen LogP contribution < -0.4 is 0 Å². The molecule has 2 heterocycles. The molecule has 2 aromatic carbocycles. The van der Waals surface area contributed by atoms with Gasteiger partial charge in [0.15, 0.2) is 0 Å². The van der Waals surface area contributed by atoms with Crippen LogP contribution in [0.1, 0.15) is 16.3 Å². The molecule has 4 rings (SSSR count). The van der Waals surface area contributed by atoms with Crippen molar-refractivity contribution in [3.8, 4) is 17.4 Å². The molecule has 28 heavy (non-hydrogen) atoms. The van der Waals surface area contributed by atoms with Crippen molar-refractivity contribution in [1.29, 1.82) is 5.26 Å². The number of thiazole rings is 1. The van der Waals surface area contributed by atoms with Gasteiger partial charge in [-0.25, -0.2) is 4.98 Å². The van der Waals surface area contributed by atoms with Crippen molar-refractivity contribution < 1.29 is 17.6 Å². The lowest BCUT2D eigenvalue weighted by Gasteiger charge is -2.07. The van der Waals surface area contributed by atoms with Crippen molar-refractivity contribution in [3.05, 3.63) is 77.0 Å². The Morgan fingerprint density at radius 2 is 1.89 bits per heavy atom. The van der Waals surface area contributed by atoms with E-state index in [-0.39, 0.29) is 0 Å². The van der Waals surface area contributed by atoms with E-state index in [1.807, 2.05) is 24.3 Å². The van der Waals surface area contributed by atoms with E-state index in [0.29, 0.717) is 27.7 Å². The quantitative estimate of drug-likeness (QED) is 0.365. The predicted octanol–water partition coefficient (Wildman–Crippen LogP) is 6.64. The Labute approximate surface area is 162 Å². The molecule has 0 saturated heterocycles. The van der Waals surface area contributed by atoms with Crippen LogP contribution in [0.3, 0.4) is 0 Å². The molecule has 0 fully saturated rings. The first-order valence-corrected chi connectivity index (χ1v) is 9.01. The Bertz CT molecular complexity index is 1200. The molecule has 0 N–H and O–H groups in total. The number of furan rings is 1. The molecule has 138 valence electrons. The van der Waals surface area contributed by atoms with E-state index in [9.17, 15) is 18.4 Å². The number of alkyl halides is 3. The second kappa shape index (κ2) is 6.98.